The molecule has 0 saturated carbocycles. The van der Waals surface area contributed by atoms with E-state index in [9.17, 15) is 28.1 Å². The molecule has 0 aromatic heterocycles. The minimum absolute atomic E-state index is 0.101. The number of nitro benzene ring substituents is 1. The molecule has 0 heterocycles. The second kappa shape index (κ2) is 4.81. The van der Waals surface area contributed by atoms with Crippen LogP contribution in [0.5, 0.6) is 0 Å². The molecule has 0 bridgehead atoms. The number of carbonyl (C=O) groups is 1. The summed E-state index contributed by atoms with van der Waals surface area (Å²) in [5.41, 5.74) is -0.573. The summed E-state index contributed by atoms with van der Waals surface area (Å²) in [5, 5.41) is 11.7. The number of rotatable bonds is 2. The number of nitrogens with one attached hydrogen (secondary N) is 1. The van der Waals surface area contributed by atoms with Gasteiger partial charge >= 0.3 is 12.1 Å². The van der Waals surface area contributed by atoms with Crippen LogP contribution in [0, 0.1) is 17.0 Å². The highest BCUT2D eigenvalue weighted by Crippen LogP contribution is 2.31. The molecule has 18 heavy (non-hydrogen) atoms. The third kappa shape index (κ3) is 3.10. The van der Waals surface area contributed by atoms with E-state index in [1.165, 1.54) is 6.92 Å². The van der Waals surface area contributed by atoms with Crippen LogP contribution in [0.25, 0.3) is 0 Å². The summed E-state index contributed by atoms with van der Waals surface area (Å²) >= 11 is 5.52. The van der Waals surface area contributed by atoms with Gasteiger partial charge in [-0.05, 0) is 18.6 Å². The van der Waals surface area contributed by atoms with E-state index < -0.39 is 22.7 Å². The van der Waals surface area contributed by atoms with Crippen molar-refractivity contribution in [3.63, 3.8) is 0 Å². The van der Waals surface area contributed by atoms with E-state index >= 15 is 0 Å². The molecular formula is C9H6ClF3N2O3. The van der Waals surface area contributed by atoms with Gasteiger partial charge in [0.2, 0.25) is 0 Å². The van der Waals surface area contributed by atoms with Crippen molar-refractivity contribution in [3.8, 4) is 0 Å². The first-order valence-corrected chi connectivity index (χ1v) is 4.83. The maximum absolute atomic E-state index is 12.0. The molecule has 9 heteroatoms. The lowest BCUT2D eigenvalue weighted by Crippen LogP contribution is -2.30. The quantitative estimate of drug-likeness (QED) is 0.669. The molecule has 1 aromatic rings. The molecular weight excluding hydrogens is 277 g/mol. The average molecular weight is 283 g/mol. The summed E-state index contributed by atoms with van der Waals surface area (Å²) < 4.78 is 36.1. The highest BCUT2D eigenvalue weighted by atomic mass is 35.5. The fourth-order valence-corrected chi connectivity index (χ4v) is 1.37. The number of nitro groups is 1. The van der Waals surface area contributed by atoms with Crippen LogP contribution >= 0.6 is 11.6 Å². The van der Waals surface area contributed by atoms with Gasteiger partial charge in [-0.15, -0.1) is 0 Å². The minimum Gasteiger partial charge on any atom is -0.318 e. The molecule has 1 N–H and O–H groups in total. The first-order valence-electron chi connectivity index (χ1n) is 4.45. The normalized spacial score (nSPS) is 11.2. The Bertz CT molecular complexity index is 517. The maximum Gasteiger partial charge on any atom is 0.471 e. The second-order valence-electron chi connectivity index (χ2n) is 3.33. The van der Waals surface area contributed by atoms with Crippen molar-refractivity contribution in [1.82, 2.24) is 0 Å². The standard InChI is InChI=1S/C9H6ClF3N2O3/c1-4-2-7(15(17)18)5(10)3-6(4)14-8(16)9(11,12)13/h2-3H,1H3,(H,14,16). The van der Waals surface area contributed by atoms with Crippen molar-refractivity contribution in [3.05, 3.63) is 32.8 Å². The second-order valence-corrected chi connectivity index (χ2v) is 3.73. The number of hydrogen-bond donors (Lipinski definition) is 1. The number of halogens is 4. The van der Waals surface area contributed by atoms with Gasteiger partial charge in [-0.1, -0.05) is 11.6 Å². The van der Waals surface area contributed by atoms with Crippen LogP contribution in [-0.4, -0.2) is 17.0 Å². The molecule has 0 spiro atoms. The van der Waals surface area contributed by atoms with E-state index in [4.69, 9.17) is 11.6 Å². The minimum atomic E-state index is -5.04. The number of alkyl halides is 3. The number of carbonyl (C=O) groups excluding carboxylic acids is 1. The molecule has 1 aromatic carbocycles. The molecule has 0 aliphatic heterocycles. The lowest BCUT2D eigenvalue weighted by Gasteiger charge is -2.10. The molecule has 0 fully saturated rings. The van der Waals surface area contributed by atoms with E-state index in [2.05, 4.69) is 0 Å². The summed E-state index contributed by atoms with van der Waals surface area (Å²) in [6.07, 6.45) is -5.04. The van der Waals surface area contributed by atoms with Gasteiger partial charge in [-0.3, -0.25) is 14.9 Å². The van der Waals surface area contributed by atoms with Gasteiger partial charge in [0.1, 0.15) is 5.02 Å². The molecule has 0 aliphatic carbocycles. The Morgan fingerprint density at radius 1 is 1.44 bits per heavy atom. The average Bonchev–Trinajstić information content (AvgIpc) is 2.21. The topological polar surface area (TPSA) is 72.2 Å². The highest BCUT2D eigenvalue weighted by molar-refractivity contribution is 6.33. The Morgan fingerprint density at radius 3 is 2.44 bits per heavy atom. The van der Waals surface area contributed by atoms with Crippen LogP contribution in [0.3, 0.4) is 0 Å². The molecule has 1 amide bonds. The summed E-state index contributed by atoms with van der Waals surface area (Å²) in [6, 6.07) is 1.88. The number of amides is 1. The summed E-state index contributed by atoms with van der Waals surface area (Å²) in [7, 11) is 0. The Kier molecular flexibility index (Phi) is 3.80. The van der Waals surface area contributed by atoms with Crippen molar-refractivity contribution in [2.24, 2.45) is 0 Å². The van der Waals surface area contributed by atoms with Gasteiger partial charge in [0.05, 0.1) is 4.92 Å². The first kappa shape index (κ1) is 14.2. The number of hydrogen-bond acceptors (Lipinski definition) is 3. The highest BCUT2D eigenvalue weighted by Gasteiger charge is 2.39. The third-order valence-electron chi connectivity index (χ3n) is 2.00. The molecule has 98 valence electrons. The largest absolute Gasteiger partial charge is 0.471 e. The van der Waals surface area contributed by atoms with Crippen LogP contribution in [0.4, 0.5) is 24.5 Å². The van der Waals surface area contributed by atoms with Gasteiger partial charge in [-0.25, -0.2) is 0 Å². The number of aryl methyl sites for hydroxylation is 1. The van der Waals surface area contributed by atoms with Crippen LogP contribution in [0.15, 0.2) is 12.1 Å². The SMILES string of the molecule is Cc1cc([N+](=O)[O-])c(Cl)cc1NC(=O)C(F)(F)F. The number of benzene rings is 1. The molecule has 0 aliphatic rings. The molecule has 0 saturated heterocycles. The fraction of sp³-hybridized carbons (Fsp3) is 0.222. The Hall–Kier alpha value is -1.83. The number of nitrogens with zero attached hydrogens (tertiary/aromatic N) is 1. The molecule has 5 nitrogen and oxygen atoms in total. The predicted molar refractivity (Wildman–Crippen MR) is 57.5 cm³/mol. The molecule has 0 unspecified atom stereocenters. The van der Waals surface area contributed by atoms with E-state index in [1.807, 2.05) is 0 Å². The maximum atomic E-state index is 12.0. The smallest absolute Gasteiger partial charge is 0.318 e. The molecule has 0 atom stereocenters. The van der Waals surface area contributed by atoms with Gasteiger partial charge < -0.3 is 5.32 Å². The lowest BCUT2D eigenvalue weighted by atomic mass is 10.1. The van der Waals surface area contributed by atoms with Crippen LogP contribution in [0.2, 0.25) is 5.02 Å². The summed E-state index contributed by atoms with van der Waals surface area (Å²) in [6.45, 7) is 1.31. The van der Waals surface area contributed by atoms with Crippen molar-refractivity contribution < 1.29 is 22.9 Å². The zero-order valence-electron chi connectivity index (χ0n) is 8.84. The van der Waals surface area contributed by atoms with Gasteiger partial charge in [0.15, 0.2) is 0 Å². The Labute approximate surface area is 104 Å². The van der Waals surface area contributed by atoms with E-state index in [0.29, 0.717) is 0 Å². The van der Waals surface area contributed by atoms with E-state index in [1.54, 1.807) is 5.32 Å². The summed E-state index contributed by atoms with van der Waals surface area (Å²) in [4.78, 5) is 20.5. The zero-order valence-corrected chi connectivity index (χ0v) is 9.59. The fourth-order valence-electron chi connectivity index (χ4n) is 1.13. The van der Waals surface area contributed by atoms with Gasteiger partial charge in [0.25, 0.3) is 5.69 Å². The van der Waals surface area contributed by atoms with Crippen molar-refractivity contribution in [2.45, 2.75) is 13.1 Å². The van der Waals surface area contributed by atoms with E-state index in [-0.39, 0.29) is 16.3 Å². The van der Waals surface area contributed by atoms with Crippen molar-refractivity contribution >= 4 is 28.9 Å². The summed E-state index contributed by atoms with van der Waals surface area (Å²) in [5.74, 6) is -2.17. The Morgan fingerprint density at radius 2 is 2.00 bits per heavy atom. The third-order valence-corrected chi connectivity index (χ3v) is 2.30. The first-order chi connectivity index (χ1) is 8.12. The monoisotopic (exact) mass is 282 g/mol. The van der Waals surface area contributed by atoms with E-state index in [0.717, 1.165) is 12.1 Å². The zero-order chi connectivity index (χ0) is 14.1. The number of anilines is 1. The lowest BCUT2D eigenvalue weighted by molar-refractivity contribution is -0.384. The molecule has 0 radical (unpaired) electrons. The van der Waals surface area contributed by atoms with Crippen molar-refractivity contribution in [2.75, 3.05) is 5.32 Å². The Balaban J connectivity index is 3.10. The van der Waals surface area contributed by atoms with Crippen molar-refractivity contribution in [1.29, 1.82) is 0 Å². The van der Waals surface area contributed by atoms with Crippen LogP contribution in [0.1, 0.15) is 5.56 Å². The van der Waals surface area contributed by atoms with Gasteiger partial charge in [-0.2, -0.15) is 13.2 Å². The molecule has 1 rings (SSSR count). The van der Waals surface area contributed by atoms with Gasteiger partial charge in [0, 0.05) is 11.8 Å². The van der Waals surface area contributed by atoms with Crippen LogP contribution in [-0.2, 0) is 4.79 Å². The predicted octanol–water partition coefficient (Wildman–Crippen LogP) is 3.06. The van der Waals surface area contributed by atoms with Crippen LogP contribution < -0.4 is 5.32 Å².